The Balaban J connectivity index is 1.47. The van der Waals surface area contributed by atoms with E-state index < -0.39 is 51.3 Å². The summed E-state index contributed by atoms with van der Waals surface area (Å²) in [6, 6.07) is 1.22. The van der Waals surface area contributed by atoms with Crippen LogP contribution in [0.3, 0.4) is 0 Å². The zero-order valence-corrected chi connectivity index (χ0v) is 27.1. The average Bonchev–Trinajstić information content (AvgIpc) is 3.63. The van der Waals surface area contributed by atoms with Crippen LogP contribution in [-0.2, 0) is 15.7 Å². The number of likely N-dealkylation sites (tertiary alicyclic amines) is 1. The van der Waals surface area contributed by atoms with Crippen molar-refractivity contribution < 1.29 is 31.5 Å². The number of nitrogens with zero attached hydrogens (tertiary/aromatic N) is 5. The van der Waals surface area contributed by atoms with E-state index in [4.69, 9.17) is 16.3 Å². The fraction of sp³-hybridized carbons (Fsp3) is 0.469. The van der Waals surface area contributed by atoms with Crippen molar-refractivity contribution in [3.63, 3.8) is 0 Å². The highest BCUT2D eigenvalue weighted by Gasteiger charge is 2.43. The summed E-state index contributed by atoms with van der Waals surface area (Å²) in [6.45, 7) is 9.29. The Labute approximate surface area is 276 Å². The van der Waals surface area contributed by atoms with Crippen molar-refractivity contribution in [2.75, 3.05) is 43.4 Å². The molecule has 2 bridgehead atoms. The number of carbonyl (C=O) groups excluding carboxylic acids is 1. The third kappa shape index (κ3) is 5.41. The SMILES string of the molecule is C=CC(=O)N1[C@H](C)CN(c2nc(=O)n3c4c(c(-c5cc(Cl)c(F)cc5F)c(C(F)(F)F)cc24)SCC3CN2C[C@@H]3C[C@H]2CO3)C[C@@H]1C. The highest BCUT2D eigenvalue weighted by molar-refractivity contribution is 7.99. The second-order valence-electron chi connectivity index (χ2n) is 12.7. The molecule has 5 heterocycles. The molecular formula is C32H31ClF5N5O3S. The molecule has 1 amide bonds. The van der Waals surface area contributed by atoms with Crippen molar-refractivity contribution in [1.29, 1.82) is 0 Å². The Morgan fingerprint density at radius 2 is 1.87 bits per heavy atom. The third-order valence-electron chi connectivity index (χ3n) is 9.62. The lowest BCUT2D eigenvalue weighted by molar-refractivity contribution is -0.137. The maximum absolute atomic E-state index is 15.4. The normalized spacial score (nSPS) is 26.0. The average molecular weight is 696 g/mol. The molecule has 8 nitrogen and oxygen atoms in total. The largest absolute Gasteiger partial charge is 0.417 e. The zero-order chi connectivity index (χ0) is 33.5. The molecule has 3 aromatic rings. The molecule has 7 rings (SSSR count). The van der Waals surface area contributed by atoms with Crippen LogP contribution in [0.25, 0.3) is 22.0 Å². The fourth-order valence-electron chi connectivity index (χ4n) is 7.68. The van der Waals surface area contributed by atoms with Crippen LogP contribution in [0.15, 0.2) is 40.5 Å². The summed E-state index contributed by atoms with van der Waals surface area (Å²) in [5.74, 6) is -2.32. The van der Waals surface area contributed by atoms with Gasteiger partial charge in [0.2, 0.25) is 5.91 Å². The summed E-state index contributed by atoms with van der Waals surface area (Å²) in [5, 5.41) is -0.454. The molecule has 0 spiro atoms. The minimum Gasteiger partial charge on any atom is -0.375 e. The number of anilines is 1. The Bertz CT molecular complexity index is 1860. The summed E-state index contributed by atoms with van der Waals surface area (Å²) in [5.41, 5.74) is -2.62. The van der Waals surface area contributed by atoms with E-state index in [9.17, 15) is 27.2 Å². The van der Waals surface area contributed by atoms with E-state index >= 15 is 4.39 Å². The van der Waals surface area contributed by atoms with Gasteiger partial charge in [0, 0.05) is 77.5 Å². The quantitative estimate of drug-likeness (QED) is 0.192. The van der Waals surface area contributed by atoms with Crippen molar-refractivity contribution in [2.45, 2.75) is 61.6 Å². The summed E-state index contributed by atoms with van der Waals surface area (Å²) in [4.78, 5) is 36.7. The number of hydrogen-bond donors (Lipinski definition) is 0. The van der Waals surface area contributed by atoms with Crippen molar-refractivity contribution in [1.82, 2.24) is 19.4 Å². The van der Waals surface area contributed by atoms with E-state index in [1.54, 1.807) is 9.80 Å². The molecule has 47 heavy (non-hydrogen) atoms. The molecule has 5 atom stereocenters. The number of rotatable bonds is 5. The number of hydrogen-bond acceptors (Lipinski definition) is 7. The van der Waals surface area contributed by atoms with Gasteiger partial charge in [-0.05, 0) is 38.5 Å². The van der Waals surface area contributed by atoms with E-state index in [0.29, 0.717) is 25.8 Å². The standard InChI is InChI=1S/C32H31ClF5N5O3S/c1-4-26(44)42-15(2)9-41(10-16(42)3)30-21-6-22(32(36,37)38)27(20-7-23(33)25(35)8-24(20)34)29-28(21)43(31(45)39-30)18(14-47-29)11-40-12-19-5-17(40)13-46-19/h4,6-8,15-19H,1,5,9-14H2,2-3H3/t15-,16+,17-,18?,19-/m0/s1. The van der Waals surface area contributed by atoms with E-state index in [0.717, 1.165) is 30.3 Å². The number of thioether (sulfide) groups is 1. The second kappa shape index (κ2) is 11.7. The summed E-state index contributed by atoms with van der Waals surface area (Å²) < 4.78 is 81.7. The second-order valence-corrected chi connectivity index (χ2v) is 14.1. The summed E-state index contributed by atoms with van der Waals surface area (Å²) in [6.07, 6.45) is -2.78. The summed E-state index contributed by atoms with van der Waals surface area (Å²) in [7, 11) is 0. The summed E-state index contributed by atoms with van der Waals surface area (Å²) >= 11 is 7.09. The molecule has 4 aliphatic heterocycles. The number of carbonyl (C=O) groups is 1. The smallest absolute Gasteiger partial charge is 0.375 e. The molecule has 0 N–H and O–H groups in total. The predicted octanol–water partition coefficient (Wildman–Crippen LogP) is 5.75. The first kappa shape index (κ1) is 32.4. The molecule has 1 unspecified atom stereocenters. The molecule has 4 aliphatic rings. The number of amides is 1. The lowest BCUT2D eigenvalue weighted by Gasteiger charge is -2.45. The van der Waals surface area contributed by atoms with Crippen LogP contribution in [0, 0.1) is 11.6 Å². The molecule has 0 saturated carbocycles. The van der Waals surface area contributed by atoms with Crippen LogP contribution in [-0.4, -0.2) is 88.0 Å². The molecule has 250 valence electrons. The minimum atomic E-state index is -4.96. The first-order chi connectivity index (χ1) is 22.3. The van der Waals surface area contributed by atoms with Crippen molar-refractivity contribution in [3.05, 3.63) is 63.6 Å². The molecule has 15 heteroatoms. The highest BCUT2D eigenvalue weighted by Crippen LogP contribution is 2.51. The lowest BCUT2D eigenvalue weighted by Crippen LogP contribution is -2.58. The van der Waals surface area contributed by atoms with Gasteiger partial charge in [-0.25, -0.2) is 13.6 Å². The number of morpholine rings is 1. The molecule has 0 radical (unpaired) electrons. The number of fused-ring (bicyclic) bond motifs is 2. The van der Waals surface area contributed by atoms with Crippen molar-refractivity contribution >= 4 is 46.0 Å². The Morgan fingerprint density at radius 1 is 1.15 bits per heavy atom. The zero-order valence-electron chi connectivity index (χ0n) is 25.5. The molecule has 3 saturated heterocycles. The maximum atomic E-state index is 15.4. The van der Waals surface area contributed by atoms with Gasteiger partial charge in [-0.15, -0.1) is 11.8 Å². The topological polar surface area (TPSA) is 70.9 Å². The van der Waals surface area contributed by atoms with E-state index in [2.05, 4.69) is 16.5 Å². The van der Waals surface area contributed by atoms with E-state index in [-0.39, 0.29) is 70.6 Å². The molecule has 0 aliphatic carbocycles. The van der Waals surface area contributed by atoms with Crippen LogP contribution in [0.5, 0.6) is 0 Å². The van der Waals surface area contributed by atoms with Gasteiger partial charge >= 0.3 is 11.9 Å². The molecule has 2 aromatic carbocycles. The number of benzene rings is 2. The number of aromatic nitrogens is 2. The van der Waals surface area contributed by atoms with Gasteiger partial charge < -0.3 is 14.5 Å². The molecule has 1 aromatic heterocycles. The van der Waals surface area contributed by atoms with E-state index in [1.807, 2.05) is 13.8 Å². The van der Waals surface area contributed by atoms with E-state index in [1.165, 1.54) is 10.6 Å². The number of halogens is 6. The number of piperazine rings is 1. The van der Waals surface area contributed by atoms with Crippen LogP contribution >= 0.6 is 23.4 Å². The number of alkyl halides is 3. The van der Waals surface area contributed by atoms with Crippen molar-refractivity contribution in [3.8, 4) is 11.1 Å². The van der Waals surface area contributed by atoms with Gasteiger partial charge in [0.15, 0.2) is 0 Å². The fourth-order valence-corrected chi connectivity index (χ4v) is 9.17. The van der Waals surface area contributed by atoms with Gasteiger partial charge in [-0.3, -0.25) is 14.3 Å². The van der Waals surface area contributed by atoms with Crippen molar-refractivity contribution in [2.24, 2.45) is 0 Å². The Hall–Kier alpha value is -3.20. The molecule has 3 fully saturated rings. The van der Waals surface area contributed by atoms with Gasteiger partial charge in [-0.2, -0.15) is 18.2 Å². The monoisotopic (exact) mass is 695 g/mol. The van der Waals surface area contributed by atoms with Gasteiger partial charge in [0.1, 0.15) is 17.5 Å². The Morgan fingerprint density at radius 3 is 2.49 bits per heavy atom. The van der Waals surface area contributed by atoms with Crippen LogP contribution < -0.4 is 10.6 Å². The van der Waals surface area contributed by atoms with Gasteiger partial charge in [0.05, 0.1) is 34.9 Å². The first-order valence-corrected chi connectivity index (χ1v) is 16.7. The minimum absolute atomic E-state index is 0.0428. The predicted molar refractivity (Wildman–Crippen MR) is 169 cm³/mol. The third-order valence-corrected chi connectivity index (χ3v) is 11.1. The lowest BCUT2D eigenvalue weighted by atomic mass is 9.95. The first-order valence-electron chi connectivity index (χ1n) is 15.3. The maximum Gasteiger partial charge on any atom is 0.417 e. The van der Waals surface area contributed by atoms with Gasteiger partial charge in [0.25, 0.3) is 0 Å². The van der Waals surface area contributed by atoms with Crippen LogP contribution in [0.1, 0.15) is 31.9 Å². The number of ether oxygens (including phenoxy) is 1. The Kier molecular flexibility index (Phi) is 8.08. The highest BCUT2D eigenvalue weighted by atomic mass is 35.5. The van der Waals surface area contributed by atoms with Crippen LogP contribution in [0.2, 0.25) is 5.02 Å². The van der Waals surface area contributed by atoms with Gasteiger partial charge in [-0.1, -0.05) is 18.2 Å². The van der Waals surface area contributed by atoms with Crippen LogP contribution in [0.4, 0.5) is 27.8 Å². The molecular weight excluding hydrogens is 665 g/mol.